The van der Waals surface area contributed by atoms with Crippen molar-refractivity contribution in [3.8, 4) is 5.75 Å². The standard InChI is InChI=1S/C9H12BrNO/c1-6(2)12-8-4-7(3)9(10)11-5-8/h4-6H,1-3H3. The summed E-state index contributed by atoms with van der Waals surface area (Å²) < 4.78 is 6.34. The van der Waals surface area contributed by atoms with Gasteiger partial charge in [-0.3, -0.25) is 0 Å². The van der Waals surface area contributed by atoms with Gasteiger partial charge in [-0.25, -0.2) is 4.98 Å². The van der Waals surface area contributed by atoms with Crippen LogP contribution in [0, 0.1) is 6.92 Å². The molecule has 1 aromatic rings. The fourth-order valence-electron chi connectivity index (χ4n) is 0.869. The zero-order valence-electron chi connectivity index (χ0n) is 7.47. The molecule has 0 saturated carbocycles. The van der Waals surface area contributed by atoms with Gasteiger partial charge in [-0.15, -0.1) is 0 Å². The van der Waals surface area contributed by atoms with Gasteiger partial charge in [0.2, 0.25) is 0 Å². The van der Waals surface area contributed by atoms with Gasteiger partial charge in [0.15, 0.2) is 0 Å². The van der Waals surface area contributed by atoms with Gasteiger partial charge in [-0.1, -0.05) is 0 Å². The molecule has 0 aliphatic carbocycles. The van der Waals surface area contributed by atoms with Gasteiger partial charge >= 0.3 is 0 Å². The minimum Gasteiger partial charge on any atom is -0.489 e. The molecule has 0 unspecified atom stereocenters. The maximum absolute atomic E-state index is 5.47. The van der Waals surface area contributed by atoms with Gasteiger partial charge in [-0.2, -0.15) is 0 Å². The summed E-state index contributed by atoms with van der Waals surface area (Å²) in [5.74, 6) is 0.825. The van der Waals surface area contributed by atoms with Crippen molar-refractivity contribution >= 4 is 15.9 Å². The molecule has 3 heteroatoms. The van der Waals surface area contributed by atoms with Crippen molar-refractivity contribution in [1.82, 2.24) is 4.98 Å². The van der Waals surface area contributed by atoms with E-state index >= 15 is 0 Å². The van der Waals surface area contributed by atoms with Gasteiger partial charge in [0.25, 0.3) is 0 Å². The zero-order valence-corrected chi connectivity index (χ0v) is 9.05. The fraction of sp³-hybridized carbons (Fsp3) is 0.444. The van der Waals surface area contributed by atoms with Crippen LogP contribution in [0.25, 0.3) is 0 Å². The number of pyridine rings is 1. The van der Waals surface area contributed by atoms with Gasteiger partial charge in [-0.05, 0) is 48.3 Å². The number of nitrogens with zero attached hydrogens (tertiary/aromatic N) is 1. The zero-order chi connectivity index (χ0) is 9.14. The molecule has 12 heavy (non-hydrogen) atoms. The van der Waals surface area contributed by atoms with Crippen LogP contribution in [0.4, 0.5) is 0 Å². The highest BCUT2D eigenvalue weighted by molar-refractivity contribution is 9.10. The van der Waals surface area contributed by atoms with Crippen LogP contribution in [-0.4, -0.2) is 11.1 Å². The average molecular weight is 230 g/mol. The van der Waals surface area contributed by atoms with Crippen molar-refractivity contribution in [2.24, 2.45) is 0 Å². The van der Waals surface area contributed by atoms with Crippen LogP contribution in [-0.2, 0) is 0 Å². The molecule has 1 rings (SSSR count). The number of hydrogen-bond acceptors (Lipinski definition) is 2. The highest BCUT2D eigenvalue weighted by Crippen LogP contribution is 2.19. The molecular weight excluding hydrogens is 218 g/mol. The smallest absolute Gasteiger partial charge is 0.138 e. The third-order valence-electron chi connectivity index (χ3n) is 1.36. The third-order valence-corrected chi connectivity index (χ3v) is 2.19. The first-order valence-corrected chi connectivity index (χ1v) is 4.67. The van der Waals surface area contributed by atoms with E-state index in [4.69, 9.17) is 4.74 Å². The lowest BCUT2D eigenvalue weighted by Gasteiger charge is -2.09. The topological polar surface area (TPSA) is 22.1 Å². The summed E-state index contributed by atoms with van der Waals surface area (Å²) in [6.45, 7) is 5.99. The van der Waals surface area contributed by atoms with Crippen LogP contribution in [0.3, 0.4) is 0 Å². The van der Waals surface area contributed by atoms with Crippen LogP contribution >= 0.6 is 15.9 Å². The number of ether oxygens (including phenoxy) is 1. The molecule has 0 amide bonds. The Morgan fingerprint density at radius 1 is 1.50 bits per heavy atom. The van der Waals surface area contributed by atoms with E-state index in [-0.39, 0.29) is 6.10 Å². The Morgan fingerprint density at radius 2 is 2.17 bits per heavy atom. The Labute approximate surface area is 81.1 Å². The first-order valence-electron chi connectivity index (χ1n) is 3.88. The van der Waals surface area contributed by atoms with Crippen molar-refractivity contribution in [2.45, 2.75) is 26.9 Å². The SMILES string of the molecule is Cc1cc(OC(C)C)cnc1Br. The lowest BCUT2D eigenvalue weighted by molar-refractivity contribution is 0.241. The van der Waals surface area contributed by atoms with Crippen molar-refractivity contribution in [3.05, 3.63) is 22.4 Å². The molecule has 0 bridgehead atoms. The normalized spacial score (nSPS) is 10.4. The van der Waals surface area contributed by atoms with E-state index in [1.54, 1.807) is 6.20 Å². The van der Waals surface area contributed by atoms with E-state index in [0.29, 0.717) is 0 Å². The largest absolute Gasteiger partial charge is 0.489 e. The Morgan fingerprint density at radius 3 is 2.67 bits per heavy atom. The predicted molar refractivity (Wildman–Crippen MR) is 52.4 cm³/mol. The third kappa shape index (κ3) is 2.48. The summed E-state index contributed by atoms with van der Waals surface area (Å²) in [6, 6.07) is 1.97. The molecule has 0 radical (unpaired) electrons. The Balaban J connectivity index is 2.82. The molecule has 2 nitrogen and oxygen atoms in total. The van der Waals surface area contributed by atoms with Crippen LogP contribution in [0.2, 0.25) is 0 Å². The van der Waals surface area contributed by atoms with Gasteiger partial charge in [0.1, 0.15) is 10.4 Å². The quantitative estimate of drug-likeness (QED) is 0.728. The van der Waals surface area contributed by atoms with Crippen molar-refractivity contribution in [3.63, 3.8) is 0 Å². The van der Waals surface area contributed by atoms with Gasteiger partial charge in [0, 0.05) is 0 Å². The molecule has 0 spiro atoms. The fourth-order valence-corrected chi connectivity index (χ4v) is 1.09. The molecule has 0 aliphatic heterocycles. The second-order valence-corrected chi connectivity index (χ2v) is 3.70. The summed E-state index contributed by atoms with van der Waals surface area (Å²) in [5.41, 5.74) is 1.09. The number of hydrogen-bond donors (Lipinski definition) is 0. The molecule has 0 aliphatic rings. The molecular formula is C9H12BrNO. The Bertz CT molecular complexity index is 273. The van der Waals surface area contributed by atoms with Crippen molar-refractivity contribution < 1.29 is 4.74 Å². The van der Waals surface area contributed by atoms with Gasteiger partial charge in [0.05, 0.1) is 12.3 Å². The average Bonchev–Trinajstić information content (AvgIpc) is 1.96. The minimum atomic E-state index is 0.201. The van der Waals surface area contributed by atoms with Crippen LogP contribution in [0.5, 0.6) is 5.75 Å². The molecule has 0 atom stereocenters. The summed E-state index contributed by atoms with van der Waals surface area (Å²) in [4.78, 5) is 4.12. The highest BCUT2D eigenvalue weighted by atomic mass is 79.9. The number of halogens is 1. The molecule has 1 aromatic heterocycles. The van der Waals surface area contributed by atoms with Crippen molar-refractivity contribution in [1.29, 1.82) is 0 Å². The Hall–Kier alpha value is -0.570. The minimum absolute atomic E-state index is 0.201. The maximum atomic E-state index is 5.47. The number of aryl methyl sites for hydroxylation is 1. The summed E-state index contributed by atoms with van der Waals surface area (Å²) in [6.07, 6.45) is 1.92. The number of rotatable bonds is 2. The summed E-state index contributed by atoms with van der Waals surface area (Å²) in [7, 11) is 0. The number of aromatic nitrogens is 1. The lowest BCUT2D eigenvalue weighted by atomic mass is 10.3. The monoisotopic (exact) mass is 229 g/mol. The lowest BCUT2D eigenvalue weighted by Crippen LogP contribution is -2.05. The molecule has 66 valence electrons. The first kappa shape index (κ1) is 9.52. The van der Waals surface area contributed by atoms with E-state index in [1.165, 1.54) is 0 Å². The van der Waals surface area contributed by atoms with E-state index < -0.39 is 0 Å². The van der Waals surface area contributed by atoms with Gasteiger partial charge < -0.3 is 4.74 Å². The van der Waals surface area contributed by atoms with E-state index in [9.17, 15) is 0 Å². The highest BCUT2D eigenvalue weighted by Gasteiger charge is 2.00. The molecule has 0 saturated heterocycles. The molecule has 1 heterocycles. The second-order valence-electron chi connectivity index (χ2n) is 2.95. The first-order chi connectivity index (χ1) is 5.59. The molecule has 0 aromatic carbocycles. The molecule has 0 N–H and O–H groups in total. The maximum Gasteiger partial charge on any atom is 0.138 e. The second kappa shape index (κ2) is 3.90. The van der Waals surface area contributed by atoms with Crippen LogP contribution < -0.4 is 4.74 Å². The summed E-state index contributed by atoms with van der Waals surface area (Å²) in [5, 5.41) is 0. The van der Waals surface area contributed by atoms with E-state index in [0.717, 1.165) is 15.9 Å². The Kier molecular flexibility index (Phi) is 3.09. The van der Waals surface area contributed by atoms with Crippen molar-refractivity contribution in [2.75, 3.05) is 0 Å². The van der Waals surface area contributed by atoms with Crippen LogP contribution in [0.1, 0.15) is 19.4 Å². The van der Waals surface area contributed by atoms with E-state index in [1.807, 2.05) is 26.8 Å². The van der Waals surface area contributed by atoms with Crippen LogP contribution in [0.15, 0.2) is 16.9 Å². The van der Waals surface area contributed by atoms with E-state index in [2.05, 4.69) is 20.9 Å². The summed E-state index contributed by atoms with van der Waals surface area (Å²) >= 11 is 3.33. The molecule has 0 fully saturated rings. The predicted octanol–water partition coefficient (Wildman–Crippen LogP) is 2.94.